The average Bonchev–Trinajstić information content (AvgIpc) is 2.85. The second-order valence-electron chi connectivity index (χ2n) is 5.67. The molecule has 20 heavy (non-hydrogen) atoms. The fourth-order valence-electron chi connectivity index (χ4n) is 1.81. The van der Waals surface area contributed by atoms with Gasteiger partial charge < -0.3 is 0 Å². The number of hydrogen-bond donors (Lipinski definition) is 2. The number of aromatic nitrogens is 2. The van der Waals surface area contributed by atoms with Crippen LogP contribution in [0.2, 0.25) is 0 Å². The molecule has 1 unspecified atom stereocenters. The van der Waals surface area contributed by atoms with Crippen LogP contribution in [0.25, 0.3) is 0 Å². The smallest absolute Gasteiger partial charge is 0.0948 e. The minimum Gasteiger partial charge on any atom is -0.271 e. The summed E-state index contributed by atoms with van der Waals surface area (Å²) in [7, 11) is 0. The van der Waals surface area contributed by atoms with Gasteiger partial charge in [-0.25, -0.2) is 4.98 Å². The van der Waals surface area contributed by atoms with Crippen LogP contribution in [0, 0.1) is 0 Å². The van der Waals surface area contributed by atoms with Crippen LogP contribution in [0.15, 0.2) is 28.2 Å². The van der Waals surface area contributed by atoms with Crippen molar-refractivity contribution in [3.05, 3.63) is 44.6 Å². The molecule has 0 amide bonds. The van der Waals surface area contributed by atoms with Crippen LogP contribution in [-0.2, 0) is 11.8 Å². The van der Waals surface area contributed by atoms with E-state index in [2.05, 4.69) is 52.5 Å². The number of rotatable bonds is 4. The monoisotopic (exact) mass is 354 g/mol. The maximum atomic E-state index is 5.68. The number of thiazole rings is 1. The molecule has 108 valence electrons. The van der Waals surface area contributed by atoms with Gasteiger partial charge in [0.05, 0.1) is 22.4 Å². The molecule has 0 aliphatic carbocycles. The molecule has 2 heterocycles. The molecule has 0 radical (unpaired) electrons. The quantitative estimate of drug-likeness (QED) is 0.652. The summed E-state index contributed by atoms with van der Waals surface area (Å²) in [5.41, 5.74) is 4.93. The third-order valence-corrected chi connectivity index (χ3v) is 4.56. The molecular weight excluding hydrogens is 336 g/mol. The van der Waals surface area contributed by atoms with Crippen LogP contribution in [0.1, 0.15) is 43.2 Å². The lowest BCUT2D eigenvalue weighted by molar-refractivity contribution is 0.528. The highest BCUT2D eigenvalue weighted by Crippen LogP contribution is 2.28. The van der Waals surface area contributed by atoms with Crippen molar-refractivity contribution < 1.29 is 0 Å². The van der Waals surface area contributed by atoms with Crippen LogP contribution in [0.3, 0.4) is 0 Å². The highest BCUT2D eigenvalue weighted by Gasteiger charge is 2.20. The van der Waals surface area contributed by atoms with E-state index in [1.807, 2.05) is 12.1 Å². The van der Waals surface area contributed by atoms with Gasteiger partial charge in [-0.05, 0) is 28.1 Å². The first-order valence-corrected chi connectivity index (χ1v) is 8.10. The van der Waals surface area contributed by atoms with Crippen LogP contribution in [-0.4, -0.2) is 9.97 Å². The van der Waals surface area contributed by atoms with Gasteiger partial charge in [-0.1, -0.05) is 20.8 Å². The fourth-order valence-corrected chi connectivity index (χ4v) is 3.41. The number of halogens is 1. The first-order valence-electron chi connectivity index (χ1n) is 6.43. The zero-order valence-corrected chi connectivity index (χ0v) is 14.3. The van der Waals surface area contributed by atoms with E-state index in [4.69, 9.17) is 10.8 Å². The zero-order chi connectivity index (χ0) is 14.8. The molecule has 0 bridgehead atoms. The van der Waals surface area contributed by atoms with E-state index < -0.39 is 0 Å². The molecule has 0 aliphatic rings. The molecule has 2 rings (SSSR count). The molecule has 3 N–H and O–H groups in total. The highest BCUT2D eigenvalue weighted by atomic mass is 79.9. The lowest BCUT2D eigenvalue weighted by Crippen LogP contribution is -2.30. The summed E-state index contributed by atoms with van der Waals surface area (Å²) in [6, 6.07) is 3.81. The fraction of sp³-hybridized carbons (Fsp3) is 0.429. The van der Waals surface area contributed by atoms with Crippen molar-refractivity contribution >= 4 is 27.3 Å². The molecule has 4 nitrogen and oxygen atoms in total. The van der Waals surface area contributed by atoms with Gasteiger partial charge in [0.1, 0.15) is 0 Å². The Morgan fingerprint density at radius 2 is 2.20 bits per heavy atom. The predicted molar refractivity (Wildman–Crippen MR) is 86.5 cm³/mol. The number of pyridine rings is 1. The molecule has 0 fully saturated rings. The van der Waals surface area contributed by atoms with Gasteiger partial charge in [0.25, 0.3) is 0 Å². The lowest BCUT2D eigenvalue weighted by Gasteiger charge is -2.16. The zero-order valence-electron chi connectivity index (χ0n) is 11.9. The van der Waals surface area contributed by atoms with Crippen molar-refractivity contribution in [1.82, 2.24) is 15.4 Å². The average molecular weight is 355 g/mol. The summed E-state index contributed by atoms with van der Waals surface area (Å²) in [4.78, 5) is 9.09. The van der Waals surface area contributed by atoms with Gasteiger partial charge in [-0.15, -0.1) is 11.3 Å². The minimum absolute atomic E-state index is 0.0513. The van der Waals surface area contributed by atoms with Crippen molar-refractivity contribution in [2.75, 3.05) is 0 Å². The van der Waals surface area contributed by atoms with E-state index in [1.165, 1.54) is 0 Å². The molecule has 0 saturated carbocycles. The van der Waals surface area contributed by atoms with Crippen LogP contribution in [0.5, 0.6) is 0 Å². The maximum absolute atomic E-state index is 5.68. The molecule has 0 spiro atoms. The molecule has 1 atom stereocenters. The molecule has 2 aromatic rings. The molecule has 0 aliphatic heterocycles. The summed E-state index contributed by atoms with van der Waals surface area (Å²) in [6.07, 6.45) is 2.50. The highest BCUT2D eigenvalue weighted by molar-refractivity contribution is 9.10. The van der Waals surface area contributed by atoms with Crippen LogP contribution < -0.4 is 11.3 Å². The number of hydrogen-bond acceptors (Lipinski definition) is 5. The first-order chi connectivity index (χ1) is 9.41. The standard InChI is InChI=1S/C14H19BrN4S/c1-14(2,3)11-8-20-12(18-11)7-10(19-16)13-9(15)5-4-6-17-13/h4-6,8,10,19H,7,16H2,1-3H3. The van der Waals surface area contributed by atoms with Gasteiger partial charge in [-0.3, -0.25) is 16.3 Å². The van der Waals surface area contributed by atoms with Gasteiger partial charge >= 0.3 is 0 Å². The molecule has 2 aromatic heterocycles. The third-order valence-electron chi connectivity index (χ3n) is 3.02. The van der Waals surface area contributed by atoms with E-state index in [1.54, 1.807) is 17.5 Å². The summed E-state index contributed by atoms with van der Waals surface area (Å²) in [5.74, 6) is 5.68. The summed E-state index contributed by atoms with van der Waals surface area (Å²) >= 11 is 5.18. The molecule has 0 saturated heterocycles. The summed E-state index contributed by atoms with van der Waals surface area (Å²) in [5, 5.41) is 3.19. The Kier molecular flexibility index (Phi) is 4.90. The van der Waals surface area contributed by atoms with Crippen molar-refractivity contribution in [2.45, 2.75) is 38.6 Å². The van der Waals surface area contributed by atoms with E-state index in [9.17, 15) is 0 Å². The molecule has 6 heteroatoms. The van der Waals surface area contributed by atoms with E-state index >= 15 is 0 Å². The van der Waals surface area contributed by atoms with Gasteiger partial charge in [-0.2, -0.15) is 0 Å². The number of nitrogens with one attached hydrogen (secondary N) is 1. The Hall–Kier alpha value is -0.820. The van der Waals surface area contributed by atoms with Crippen LogP contribution >= 0.6 is 27.3 Å². The minimum atomic E-state index is -0.0513. The van der Waals surface area contributed by atoms with Crippen molar-refractivity contribution in [3.63, 3.8) is 0 Å². The van der Waals surface area contributed by atoms with E-state index in [0.717, 1.165) is 27.3 Å². The normalized spacial score (nSPS) is 13.4. The number of nitrogens with two attached hydrogens (primary N) is 1. The Bertz CT molecular complexity index is 577. The van der Waals surface area contributed by atoms with Crippen molar-refractivity contribution in [1.29, 1.82) is 0 Å². The van der Waals surface area contributed by atoms with E-state index in [-0.39, 0.29) is 11.5 Å². The first kappa shape index (κ1) is 15.6. The SMILES string of the molecule is CC(C)(C)c1csc(CC(NN)c2ncccc2Br)n1. The third kappa shape index (κ3) is 3.63. The largest absolute Gasteiger partial charge is 0.271 e. The Morgan fingerprint density at radius 3 is 2.75 bits per heavy atom. The molecular formula is C14H19BrN4S. The number of nitrogens with zero attached hydrogens (tertiary/aromatic N) is 2. The summed E-state index contributed by atoms with van der Waals surface area (Å²) < 4.78 is 0.954. The van der Waals surface area contributed by atoms with Gasteiger partial charge in [0.15, 0.2) is 0 Å². The Labute approximate surface area is 131 Å². The van der Waals surface area contributed by atoms with Crippen LogP contribution in [0.4, 0.5) is 0 Å². The topological polar surface area (TPSA) is 63.8 Å². The molecule has 0 aromatic carbocycles. The number of hydrazine groups is 1. The predicted octanol–water partition coefficient (Wildman–Crippen LogP) is 3.35. The summed E-state index contributed by atoms with van der Waals surface area (Å²) in [6.45, 7) is 6.50. The van der Waals surface area contributed by atoms with Crippen molar-refractivity contribution in [2.24, 2.45) is 5.84 Å². The van der Waals surface area contributed by atoms with Gasteiger partial charge in [0.2, 0.25) is 0 Å². The Morgan fingerprint density at radius 1 is 1.45 bits per heavy atom. The maximum Gasteiger partial charge on any atom is 0.0948 e. The van der Waals surface area contributed by atoms with Crippen molar-refractivity contribution in [3.8, 4) is 0 Å². The Balaban J connectivity index is 2.19. The second-order valence-corrected chi connectivity index (χ2v) is 7.47. The lowest BCUT2D eigenvalue weighted by atomic mass is 9.93. The van der Waals surface area contributed by atoms with Gasteiger partial charge in [0, 0.05) is 27.9 Å². The second kappa shape index (κ2) is 6.30. The van der Waals surface area contributed by atoms with E-state index in [0.29, 0.717) is 0 Å².